The average molecular weight is 270 g/mol. The predicted molar refractivity (Wildman–Crippen MR) is 76.6 cm³/mol. The van der Waals surface area contributed by atoms with Gasteiger partial charge in [-0.15, -0.1) is 0 Å². The zero-order chi connectivity index (χ0) is 14.5. The molecule has 5 nitrogen and oxygen atoms in total. The zero-order valence-electron chi connectivity index (χ0n) is 10.9. The van der Waals surface area contributed by atoms with Gasteiger partial charge in [-0.25, -0.2) is 4.79 Å². The van der Waals surface area contributed by atoms with Gasteiger partial charge in [-0.05, 0) is 30.3 Å². The minimum atomic E-state index is -0.506. The van der Waals surface area contributed by atoms with E-state index < -0.39 is 5.97 Å². The van der Waals surface area contributed by atoms with E-state index in [1.807, 2.05) is 0 Å². The number of esters is 1. The molecule has 0 radical (unpaired) electrons. The van der Waals surface area contributed by atoms with Crippen molar-refractivity contribution in [2.45, 2.75) is 0 Å². The highest BCUT2D eigenvalue weighted by atomic mass is 16.5. The summed E-state index contributed by atoms with van der Waals surface area (Å²) in [6, 6.07) is 13.2. The van der Waals surface area contributed by atoms with Crippen molar-refractivity contribution in [2.24, 2.45) is 0 Å². The van der Waals surface area contributed by atoms with Gasteiger partial charge in [0, 0.05) is 11.3 Å². The van der Waals surface area contributed by atoms with Gasteiger partial charge >= 0.3 is 5.97 Å². The van der Waals surface area contributed by atoms with Crippen LogP contribution in [0.1, 0.15) is 20.7 Å². The van der Waals surface area contributed by atoms with Crippen LogP contribution in [-0.2, 0) is 4.74 Å². The molecule has 5 heteroatoms. The van der Waals surface area contributed by atoms with Gasteiger partial charge < -0.3 is 15.8 Å². The van der Waals surface area contributed by atoms with Crippen molar-refractivity contribution >= 4 is 23.3 Å². The summed E-state index contributed by atoms with van der Waals surface area (Å²) in [6.07, 6.45) is 0. The molecule has 2 aromatic rings. The highest BCUT2D eigenvalue weighted by Gasteiger charge is 2.14. The van der Waals surface area contributed by atoms with E-state index in [0.29, 0.717) is 22.5 Å². The molecule has 0 fully saturated rings. The molecule has 1 amide bonds. The number of benzene rings is 2. The van der Waals surface area contributed by atoms with Crippen LogP contribution in [0.4, 0.5) is 11.4 Å². The third-order valence-electron chi connectivity index (χ3n) is 2.73. The van der Waals surface area contributed by atoms with E-state index in [9.17, 15) is 9.59 Å². The second kappa shape index (κ2) is 5.88. The SMILES string of the molecule is COC(=O)c1ccccc1NC(=O)c1cccc(N)c1. The predicted octanol–water partition coefficient (Wildman–Crippen LogP) is 2.31. The van der Waals surface area contributed by atoms with E-state index in [1.165, 1.54) is 7.11 Å². The molecule has 3 N–H and O–H groups in total. The second-order valence-electron chi connectivity index (χ2n) is 4.12. The number of methoxy groups -OCH3 is 1. The molecular weight excluding hydrogens is 256 g/mol. The number of hydrogen-bond donors (Lipinski definition) is 2. The van der Waals surface area contributed by atoms with Crippen LogP contribution >= 0.6 is 0 Å². The number of nitrogens with one attached hydrogen (secondary N) is 1. The lowest BCUT2D eigenvalue weighted by atomic mass is 10.1. The van der Waals surface area contributed by atoms with Gasteiger partial charge in [0.15, 0.2) is 0 Å². The van der Waals surface area contributed by atoms with Crippen LogP contribution in [0.25, 0.3) is 0 Å². The average Bonchev–Trinajstić information content (AvgIpc) is 2.47. The molecule has 2 rings (SSSR count). The summed E-state index contributed by atoms with van der Waals surface area (Å²) in [5, 5.41) is 2.67. The Hall–Kier alpha value is -2.82. The molecule has 102 valence electrons. The number of ether oxygens (including phenoxy) is 1. The monoisotopic (exact) mass is 270 g/mol. The van der Waals surface area contributed by atoms with E-state index in [4.69, 9.17) is 5.73 Å². The first kappa shape index (κ1) is 13.6. The molecule has 0 aromatic heterocycles. The van der Waals surface area contributed by atoms with E-state index >= 15 is 0 Å². The molecule has 20 heavy (non-hydrogen) atoms. The molecule has 0 spiro atoms. The molecule has 0 bridgehead atoms. The first-order valence-electron chi connectivity index (χ1n) is 5.96. The molecule has 0 atom stereocenters. The normalized spacial score (nSPS) is 9.85. The summed E-state index contributed by atoms with van der Waals surface area (Å²) >= 11 is 0. The van der Waals surface area contributed by atoms with Gasteiger partial charge in [0.2, 0.25) is 0 Å². The van der Waals surface area contributed by atoms with Crippen LogP contribution in [0, 0.1) is 0 Å². The van der Waals surface area contributed by atoms with Crippen molar-refractivity contribution in [1.29, 1.82) is 0 Å². The fourth-order valence-corrected chi connectivity index (χ4v) is 1.75. The number of nitrogens with two attached hydrogens (primary N) is 1. The lowest BCUT2D eigenvalue weighted by Gasteiger charge is -2.09. The fourth-order valence-electron chi connectivity index (χ4n) is 1.75. The van der Waals surface area contributed by atoms with Gasteiger partial charge in [-0.1, -0.05) is 18.2 Å². The summed E-state index contributed by atoms with van der Waals surface area (Å²) in [6.45, 7) is 0. The molecule has 0 saturated carbocycles. The first-order chi connectivity index (χ1) is 9.61. The summed E-state index contributed by atoms with van der Waals surface area (Å²) in [5.41, 5.74) is 7.25. The third kappa shape index (κ3) is 2.95. The maximum atomic E-state index is 12.1. The van der Waals surface area contributed by atoms with Crippen LogP contribution < -0.4 is 11.1 Å². The lowest BCUT2D eigenvalue weighted by molar-refractivity contribution is 0.0602. The van der Waals surface area contributed by atoms with Crippen LogP contribution in [0.5, 0.6) is 0 Å². The Labute approximate surface area is 116 Å². The molecular formula is C15H14N2O3. The highest BCUT2D eigenvalue weighted by molar-refractivity contribution is 6.08. The van der Waals surface area contributed by atoms with Crippen LogP contribution in [0.2, 0.25) is 0 Å². The fraction of sp³-hybridized carbons (Fsp3) is 0.0667. The number of amides is 1. The van der Waals surface area contributed by atoms with Gasteiger partial charge in [0.1, 0.15) is 0 Å². The van der Waals surface area contributed by atoms with Crippen molar-refractivity contribution < 1.29 is 14.3 Å². The van der Waals surface area contributed by atoms with Crippen LogP contribution in [0.15, 0.2) is 48.5 Å². The van der Waals surface area contributed by atoms with E-state index in [2.05, 4.69) is 10.1 Å². The van der Waals surface area contributed by atoms with Gasteiger partial charge in [-0.3, -0.25) is 4.79 Å². The van der Waals surface area contributed by atoms with Crippen molar-refractivity contribution in [3.05, 3.63) is 59.7 Å². The molecule has 0 aliphatic rings. The summed E-state index contributed by atoms with van der Waals surface area (Å²) in [5.74, 6) is -0.845. The number of carbonyl (C=O) groups is 2. The van der Waals surface area contributed by atoms with Crippen LogP contribution in [-0.4, -0.2) is 19.0 Å². The third-order valence-corrected chi connectivity index (χ3v) is 2.73. The molecule has 0 saturated heterocycles. The minimum absolute atomic E-state index is 0.298. The Bertz CT molecular complexity index is 653. The molecule has 0 aliphatic carbocycles. The number of rotatable bonds is 3. The van der Waals surface area contributed by atoms with Gasteiger partial charge in [0.05, 0.1) is 18.4 Å². The number of hydrogen-bond acceptors (Lipinski definition) is 4. The summed E-state index contributed by atoms with van der Waals surface area (Å²) < 4.78 is 4.67. The first-order valence-corrected chi connectivity index (χ1v) is 5.96. The Morgan fingerprint density at radius 2 is 1.85 bits per heavy atom. The molecule has 0 unspecified atom stereocenters. The van der Waals surface area contributed by atoms with E-state index in [1.54, 1.807) is 48.5 Å². The molecule has 0 heterocycles. The largest absolute Gasteiger partial charge is 0.465 e. The van der Waals surface area contributed by atoms with Crippen molar-refractivity contribution in [1.82, 2.24) is 0 Å². The maximum Gasteiger partial charge on any atom is 0.339 e. The number of carbonyl (C=O) groups excluding carboxylic acids is 2. The van der Waals surface area contributed by atoms with Gasteiger partial charge in [-0.2, -0.15) is 0 Å². The van der Waals surface area contributed by atoms with E-state index in [-0.39, 0.29) is 5.91 Å². The number of anilines is 2. The van der Waals surface area contributed by atoms with Crippen molar-refractivity contribution in [2.75, 3.05) is 18.2 Å². The molecule has 0 aliphatic heterocycles. The zero-order valence-corrected chi connectivity index (χ0v) is 10.9. The smallest absolute Gasteiger partial charge is 0.339 e. The standard InChI is InChI=1S/C15H14N2O3/c1-20-15(19)12-7-2-3-8-13(12)17-14(18)10-5-4-6-11(16)9-10/h2-9H,16H2,1H3,(H,17,18). The topological polar surface area (TPSA) is 81.4 Å². The quantitative estimate of drug-likeness (QED) is 0.662. The lowest BCUT2D eigenvalue weighted by Crippen LogP contribution is -2.15. The summed E-state index contributed by atoms with van der Waals surface area (Å²) in [7, 11) is 1.29. The van der Waals surface area contributed by atoms with E-state index in [0.717, 1.165) is 0 Å². The van der Waals surface area contributed by atoms with Gasteiger partial charge in [0.25, 0.3) is 5.91 Å². The Balaban J connectivity index is 2.26. The molecule has 2 aromatic carbocycles. The highest BCUT2D eigenvalue weighted by Crippen LogP contribution is 2.17. The maximum absolute atomic E-state index is 12.1. The summed E-state index contributed by atoms with van der Waals surface area (Å²) in [4.78, 5) is 23.7. The Morgan fingerprint density at radius 1 is 1.10 bits per heavy atom. The van der Waals surface area contributed by atoms with Crippen molar-refractivity contribution in [3.8, 4) is 0 Å². The Morgan fingerprint density at radius 3 is 2.55 bits per heavy atom. The second-order valence-corrected chi connectivity index (χ2v) is 4.12. The van der Waals surface area contributed by atoms with Crippen LogP contribution in [0.3, 0.4) is 0 Å². The Kier molecular flexibility index (Phi) is 4.00. The minimum Gasteiger partial charge on any atom is -0.465 e. The number of nitrogen functional groups attached to an aromatic ring is 1. The number of para-hydroxylation sites is 1. The van der Waals surface area contributed by atoms with Crippen molar-refractivity contribution in [3.63, 3.8) is 0 Å².